The minimum Gasteiger partial charge on any atom is -0.383 e. The van der Waals surface area contributed by atoms with Crippen molar-refractivity contribution in [1.29, 1.82) is 5.41 Å². The van der Waals surface area contributed by atoms with Gasteiger partial charge in [-0.25, -0.2) is 4.98 Å². The largest absolute Gasteiger partial charge is 0.383 e. The van der Waals surface area contributed by atoms with Crippen LogP contribution in [0.25, 0.3) is 0 Å². The summed E-state index contributed by atoms with van der Waals surface area (Å²) in [5.41, 5.74) is 6.68. The lowest BCUT2D eigenvalue weighted by molar-refractivity contribution is 1.39. The van der Waals surface area contributed by atoms with E-state index in [0.29, 0.717) is 10.0 Å². The van der Waals surface area contributed by atoms with E-state index >= 15 is 0 Å². The molecule has 5 heteroatoms. The van der Waals surface area contributed by atoms with Crippen LogP contribution in [-0.2, 0) is 0 Å². The van der Waals surface area contributed by atoms with Crippen molar-refractivity contribution in [1.82, 2.24) is 4.98 Å². The third-order valence-electron chi connectivity index (χ3n) is 0.769. The first kappa shape index (κ1) is 6.51. The second-order valence-corrected chi connectivity index (χ2v) is 2.60. The first-order valence-corrected chi connectivity index (χ1v) is 3.41. The Hall–Kier alpha value is -0.610. The highest BCUT2D eigenvalue weighted by atomic mass is 35.5. The Morgan fingerprint density at radius 2 is 2.56 bits per heavy atom. The first-order chi connectivity index (χ1) is 4.22. The number of amidine groups is 1. The smallest absolute Gasteiger partial charge is 0.150 e. The van der Waals surface area contributed by atoms with E-state index in [-0.39, 0.29) is 5.84 Å². The summed E-state index contributed by atoms with van der Waals surface area (Å²) in [6.45, 7) is 0. The fourth-order valence-electron chi connectivity index (χ4n) is 0.407. The van der Waals surface area contributed by atoms with Gasteiger partial charge in [-0.15, -0.1) is 11.3 Å². The molecule has 0 fully saturated rings. The maximum Gasteiger partial charge on any atom is 0.150 e. The van der Waals surface area contributed by atoms with Crippen LogP contribution in [0.5, 0.6) is 0 Å². The van der Waals surface area contributed by atoms with E-state index in [9.17, 15) is 0 Å². The van der Waals surface area contributed by atoms with E-state index < -0.39 is 0 Å². The van der Waals surface area contributed by atoms with Gasteiger partial charge in [0.05, 0.1) is 5.51 Å². The molecule has 0 aromatic carbocycles. The Kier molecular flexibility index (Phi) is 1.68. The number of nitrogens with one attached hydrogen (secondary N) is 1. The van der Waals surface area contributed by atoms with E-state index in [4.69, 9.17) is 22.7 Å². The van der Waals surface area contributed by atoms with Gasteiger partial charge in [-0.05, 0) is 0 Å². The third kappa shape index (κ3) is 1.20. The molecule has 48 valence electrons. The normalized spacial score (nSPS) is 9.44. The number of halogens is 1. The third-order valence-corrected chi connectivity index (χ3v) is 2.03. The summed E-state index contributed by atoms with van der Waals surface area (Å²) >= 11 is 6.78. The highest BCUT2D eigenvalue weighted by Gasteiger charge is 2.03. The maximum atomic E-state index is 6.96. The summed E-state index contributed by atoms with van der Waals surface area (Å²) < 4.78 is 0. The molecule has 0 aliphatic rings. The molecule has 0 amide bonds. The molecule has 0 bridgehead atoms. The molecule has 1 aromatic rings. The molecule has 0 aliphatic carbocycles. The summed E-state index contributed by atoms with van der Waals surface area (Å²) in [7, 11) is 0. The van der Waals surface area contributed by atoms with Crippen LogP contribution in [0.15, 0.2) is 5.51 Å². The number of nitrogens with two attached hydrogens (primary N) is 1. The van der Waals surface area contributed by atoms with Gasteiger partial charge in [-0.3, -0.25) is 5.41 Å². The van der Waals surface area contributed by atoms with Crippen LogP contribution >= 0.6 is 22.9 Å². The lowest BCUT2D eigenvalue weighted by atomic mass is 10.5. The average Bonchev–Trinajstić information content (AvgIpc) is 2.13. The summed E-state index contributed by atoms with van der Waals surface area (Å²) in [6.07, 6.45) is 0. The van der Waals surface area contributed by atoms with Crippen molar-refractivity contribution >= 4 is 28.8 Å². The lowest BCUT2D eigenvalue weighted by Gasteiger charge is -1.87. The van der Waals surface area contributed by atoms with Gasteiger partial charge in [-0.1, -0.05) is 11.6 Å². The van der Waals surface area contributed by atoms with Gasteiger partial charge < -0.3 is 5.73 Å². The summed E-state index contributed by atoms with van der Waals surface area (Å²) in [5, 5.41) is 7.27. The number of thiazole rings is 1. The zero-order chi connectivity index (χ0) is 6.85. The molecule has 0 saturated carbocycles. The molecular weight excluding hydrogens is 158 g/mol. The molecule has 0 spiro atoms. The predicted octanol–water partition coefficient (Wildman–Crippen LogP) is 1.08. The SMILES string of the molecule is N=C(N)c1scnc1Cl. The fraction of sp³-hybridized carbons (Fsp3) is 0. The van der Waals surface area contributed by atoms with Crippen molar-refractivity contribution in [3.63, 3.8) is 0 Å². The van der Waals surface area contributed by atoms with Crippen molar-refractivity contribution < 1.29 is 0 Å². The molecule has 3 nitrogen and oxygen atoms in total. The zero-order valence-corrected chi connectivity index (χ0v) is 5.96. The topological polar surface area (TPSA) is 62.8 Å². The number of hydrogen-bond donors (Lipinski definition) is 2. The first-order valence-electron chi connectivity index (χ1n) is 2.15. The Morgan fingerprint density at radius 1 is 1.89 bits per heavy atom. The van der Waals surface area contributed by atoms with Crippen molar-refractivity contribution in [2.75, 3.05) is 0 Å². The standard InChI is InChI=1S/C4H4ClN3S/c5-3-2(4(6)7)9-1-8-3/h1H,(H3,6,7). The number of nitrogen functional groups attached to an aromatic ring is 1. The molecule has 3 N–H and O–H groups in total. The van der Waals surface area contributed by atoms with Crippen LogP contribution in [0.1, 0.15) is 4.88 Å². The highest BCUT2D eigenvalue weighted by Crippen LogP contribution is 2.16. The zero-order valence-electron chi connectivity index (χ0n) is 4.39. The molecule has 1 heterocycles. The molecular formula is C4H4ClN3S. The molecule has 9 heavy (non-hydrogen) atoms. The van der Waals surface area contributed by atoms with E-state index in [1.165, 1.54) is 11.3 Å². The van der Waals surface area contributed by atoms with Crippen molar-refractivity contribution in [3.05, 3.63) is 15.5 Å². The number of hydrogen-bond acceptors (Lipinski definition) is 3. The fourth-order valence-corrected chi connectivity index (χ4v) is 1.29. The maximum absolute atomic E-state index is 6.96. The lowest BCUT2D eigenvalue weighted by Crippen LogP contribution is -2.09. The van der Waals surface area contributed by atoms with Gasteiger partial charge >= 0.3 is 0 Å². The molecule has 0 atom stereocenters. The Labute approximate surface area is 61.0 Å². The Morgan fingerprint density at radius 3 is 2.78 bits per heavy atom. The minimum absolute atomic E-state index is 0.0255. The number of nitrogens with zero attached hydrogens (tertiary/aromatic N) is 1. The van der Waals surface area contributed by atoms with Crippen LogP contribution in [-0.4, -0.2) is 10.8 Å². The van der Waals surface area contributed by atoms with Gasteiger partial charge in [0.1, 0.15) is 10.7 Å². The highest BCUT2D eigenvalue weighted by molar-refractivity contribution is 7.12. The van der Waals surface area contributed by atoms with Gasteiger partial charge in [0, 0.05) is 0 Å². The van der Waals surface area contributed by atoms with Crippen LogP contribution in [0.2, 0.25) is 5.15 Å². The van der Waals surface area contributed by atoms with E-state index in [1.807, 2.05) is 0 Å². The Bertz CT molecular complexity index is 231. The molecule has 0 radical (unpaired) electrons. The van der Waals surface area contributed by atoms with Crippen LogP contribution in [0, 0.1) is 5.41 Å². The van der Waals surface area contributed by atoms with Crippen LogP contribution < -0.4 is 5.73 Å². The molecule has 1 aromatic heterocycles. The van der Waals surface area contributed by atoms with Gasteiger partial charge in [0.25, 0.3) is 0 Å². The summed E-state index contributed by atoms with van der Waals surface area (Å²) in [4.78, 5) is 4.24. The molecule has 0 aliphatic heterocycles. The minimum atomic E-state index is -0.0255. The van der Waals surface area contributed by atoms with Gasteiger partial charge in [0.2, 0.25) is 0 Å². The Balaban J connectivity index is 3.08. The monoisotopic (exact) mass is 161 g/mol. The number of aromatic nitrogens is 1. The molecule has 1 rings (SSSR count). The second kappa shape index (κ2) is 2.33. The van der Waals surface area contributed by atoms with Crippen LogP contribution in [0.3, 0.4) is 0 Å². The van der Waals surface area contributed by atoms with Crippen molar-refractivity contribution in [2.24, 2.45) is 5.73 Å². The predicted molar refractivity (Wildman–Crippen MR) is 38.1 cm³/mol. The van der Waals surface area contributed by atoms with E-state index in [2.05, 4.69) is 4.98 Å². The quantitative estimate of drug-likeness (QED) is 0.478. The van der Waals surface area contributed by atoms with Crippen molar-refractivity contribution in [2.45, 2.75) is 0 Å². The molecule has 0 unspecified atom stereocenters. The van der Waals surface area contributed by atoms with Gasteiger partial charge in [0.15, 0.2) is 5.15 Å². The number of rotatable bonds is 1. The molecule has 0 saturated heterocycles. The summed E-state index contributed by atoms with van der Waals surface area (Å²) in [6, 6.07) is 0. The van der Waals surface area contributed by atoms with E-state index in [1.54, 1.807) is 5.51 Å². The van der Waals surface area contributed by atoms with Crippen molar-refractivity contribution in [3.8, 4) is 0 Å². The van der Waals surface area contributed by atoms with Gasteiger partial charge in [-0.2, -0.15) is 0 Å². The second-order valence-electron chi connectivity index (χ2n) is 1.39. The van der Waals surface area contributed by atoms with Crippen LogP contribution in [0.4, 0.5) is 0 Å². The summed E-state index contributed by atoms with van der Waals surface area (Å²) in [5.74, 6) is -0.0255. The average molecular weight is 162 g/mol. The van der Waals surface area contributed by atoms with E-state index in [0.717, 1.165) is 0 Å².